The number of hydrogen-bond donors (Lipinski definition) is 2. The molecule has 1 heterocycles. The summed E-state index contributed by atoms with van der Waals surface area (Å²) >= 11 is 0. The quantitative estimate of drug-likeness (QED) is 0.753. The molecule has 0 aromatic heterocycles. The average Bonchev–Trinajstić information content (AvgIpc) is 2.93. The van der Waals surface area contributed by atoms with Gasteiger partial charge in [-0.2, -0.15) is 0 Å². The number of aliphatic hydroxyl groups excluding tert-OH is 1. The first-order valence-electron chi connectivity index (χ1n) is 7.69. The Hall–Kier alpha value is -2.48. The van der Waals surface area contributed by atoms with Crippen molar-refractivity contribution in [1.29, 1.82) is 0 Å². The van der Waals surface area contributed by atoms with Crippen LogP contribution in [0.4, 0.5) is 10.5 Å². The van der Waals surface area contributed by atoms with Crippen LogP contribution in [0.5, 0.6) is 11.5 Å². The number of benzene rings is 1. The molecule has 132 valence electrons. The highest BCUT2D eigenvalue weighted by Gasteiger charge is 2.31. The molecule has 8 nitrogen and oxygen atoms in total. The zero-order valence-corrected chi connectivity index (χ0v) is 14.1. The minimum absolute atomic E-state index is 0.0324. The van der Waals surface area contributed by atoms with Crippen LogP contribution in [0.1, 0.15) is 6.92 Å². The van der Waals surface area contributed by atoms with E-state index in [1.807, 2.05) is 0 Å². The first kappa shape index (κ1) is 17.9. The van der Waals surface area contributed by atoms with E-state index in [0.717, 1.165) is 0 Å². The van der Waals surface area contributed by atoms with Gasteiger partial charge in [0.2, 0.25) is 5.91 Å². The summed E-state index contributed by atoms with van der Waals surface area (Å²) in [7, 11) is 3.08. The third-order valence-electron chi connectivity index (χ3n) is 3.70. The van der Waals surface area contributed by atoms with Crippen LogP contribution in [-0.4, -0.2) is 68.4 Å². The second-order valence-electron chi connectivity index (χ2n) is 5.55. The minimum atomic E-state index is -0.619. The molecule has 0 saturated carbocycles. The molecule has 2 rings (SSSR count). The van der Waals surface area contributed by atoms with Crippen LogP contribution in [0, 0.1) is 0 Å². The molecule has 3 amide bonds. The van der Waals surface area contributed by atoms with E-state index in [4.69, 9.17) is 9.47 Å². The molecule has 1 aromatic carbocycles. The maximum atomic E-state index is 12.5. The third-order valence-corrected chi connectivity index (χ3v) is 3.70. The van der Waals surface area contributed by atoms with Crippen molar-refractivity contribution < 1.29 is 24.2 Å². The van der Waals surface area contributed by atoms with Crippen LogP contribution >= 0.6 is 0 Å². The van der Waals surface area contributed by atoms with Gasteiger partial charge in [0.05, 0.1) is 20.3 Å². The van der Waals surface area contributed by atoms with Crippen molar-refractivity contribution in [1.82, 2.24) is 10.2 Å². The fraction of sp³-hybridized carbons (Fsp3) is 0.500. The van der Waals surface area contributed by atoms with Gasteiger partial charge in [-0.1, -0.05) is 0 Å². The Bertz CT molecular complexity index is 605. The van der Waals surface area contributed by atoms with E-state index in [1.165, 1.54) is 12.0 Å². The third kappa shape index (κ3) is 4.08. The van der Waals surface area contributed by atoms with E-state index < -0.39 is 6.10 Å². The van der Waals surface area contributed by atoms with Crippen LogP contribution in [0.3, 0.4) is 0 Å². The van der Waals surface area contributed by atoms with Crippen LogP contribution in [0.25, 0.3) is 0 Å². The Balaban J connectivity index is 2.02. The summed E-state index contributed by atoms with van der Waals surface area (Å²) in [5.41, 5.74) is 0.685. The molecule has 24 heavy (non-hydrogen) atoms. The van der Waals surface area contributed by atoms with Crippen molar-refractivity contribution in [3.8, 4) is 11.5 Å². The normalized spacial score (nSPS) is 15.4. The van der Waals surface area contributed by atoms with Crippen molar-refractivity contribution >= 4 is 17.6 Å². The lowest BCUT2D eigenvalue weighted by Gasteiger charge is -2.19. The second-order valence-corrected chi connectivity index (χ2v) is 5.55. The topological polar surface area (TPSA) is 91.3 Å². The first-order chi connectivity index (χ1) is 11.5. The number of rotatable bonds is 7. The highest BCUT2D eigenvalue weighted by molar-refractivity contribution is 5.96. The minimum Gasteiger partial charge on any atom is -0.493 e. The summed E-state index contributed by atoms with van der Waals surface area (Å²) < 4.78 is 10.4. The monoisotopic (exact) mass is 337 g/mol. The van der Waals surface area contributed by atoms with Crippen molar-refractivity contribution in [2.24, 2.45) is 0 Å². The molecule has 2 N–H and O–H groups in total. The van der Waals surface area contributed by atoms with Gasteiger partial charge in [-0.05, 0) is 19.1 Å². The number of ether oxygens (including phenoxy) is 2. The van der Waals surface area contributed by atoms with Gasteiger partial charge in [-0.25, -0.2) is 4.79 Å². The lowest BCUT2D eigenvalue weighted by molar-refractivity contribution is -0.121. The van der Waals surface area contributed by atoms with E-state index in [9.17, 15) is 14.7 Å². The summed E-state index contributed by atoms with van der Waals surface area (Å²) in [6.07, 6.45) is -0.619. The highest BCUT2D eigenvalue weighted by atomic mass is 16.5. The number of urea groups is 1. The molecular weight excluding hydrogens is 314 g/mol. The average molecular weight is 337 g/mol. The van der Waals surface area contributed by atoms with Gasteiger partial charge in [-0.15, -0.1) is 0 Å². The van der Waals surface area contributed by atoms with E-state index in [1.54, 1.807) is 37.1 Å². The fourth-order valence-corrected chi connectivity index (χ4v) is 2.45. The number of aliphatic hydroxyl groups is 1. The molecule has 8 heteroatoms. The summed E-state index contributed by atoms with van der Waals surface area (Å²) in [5.74, 6) is 0.830. The molecule has 0 spiro atoms. The Labute approximate surface area is 140 Å². The predicted molar refractivity (Wildman–Crippen MR) is 88.6 cm³/mol. The van der Waals surface area contributed by atoms with Crippen LogP contribution < -0.4 is 19.7 Å². The molecule has 1 unspecified atom stereocenters. The van der Waals surface area contributed by atoms with E-state index in [-0.39, 0.29) is 25.0 Å². The van der Waals surface area contributed by atoms with Crippen molar-refractivity contribution in [2.45, 2.75) is 13.0 Å². The van der Waals surface area contributed by atoms with Crippen molar-refractivity contribution in [3.05, 3.63) is 18.2 Å². The van der Waals surface area contributed by atoms with Gasteiger partial charge in [0.15, 0.2) is 11.5 Å². The Morgan fingerprint density at radius 1 is 1.29 bits per heavy atom. The summed E-state index contributed by atoms with van der Waals surface area (Å²) in [5, 5.41) is 11.8. The van der Waals surface area contributed by atoms with Gasteiger partial charge in [-0.3, -0.25) is 9.69 Å². The smallest absolute Gasteiger partial charge is 0.325 e. The zero-order chi connectivity index (χ0) is 17.7. The van der Waals surface area contributed by atoms with E-state index in [0.29, 0.717) is 30.3 Å². The lowest BCUT2D eigenvalue weighted by Crippen LogP contribution is -2.41. The fourth-order valence-electron chi connectivity index (χ4n) is 2.45. The van der Waals surface area contributed by atoms with Crippen LogP contribution in [0.15, 0.2) is 18.2 Å². The first-order valence-corrected chi connectivity index (χ1v) is 7.69. The van der Waals surface area contributed by atoms with Gasteiger partial charge in [0, 0.05) is 31.4 Å². The molecule has 0 aliphatic carbocycles. The van der Waals surface area contributed by atoms with E-state index >= 15 is 0 Å². The van der Waals surface area contributed by atoms with Gasteiger partial charge >= 0.3 is 6.03 Å². The number of nitrogens with zero attached hydrogens (tertiary/aromatic N) is 2. The number of nitrogens with one attached hydrogen (secondary N) is 1. The number of amides is 3. The molecule has 1 saturated heterocycles. The van der Waals surface area contributed by atoms with Gasteiger partial charge < -0.3 is 24.8 Å². The summed E-state index contributed by atoms with van der Waals surface area (Å²) in [6.45, 7) is 2.66. The van der Waals surface area contributed by atoms with Crippen LogP contribution in [-0.2, 0) is 4.79 Å². The highest BCUT2D eigenvalue weighted by Crippen LogP contribution is 2.32. The number of carbonyl (C=O) groups is 2. The number of anilines is 1. The molecule has 1 aliphatic rings. The Morgan fingerprint density at radius 3 is 2.62 bits per heavy atom. The number of hydrogen-bond acceptors (Lipinski definition) is 5. The molecule has 1 aliphatic heterocycles. The standard InChI is InChI=1S/C16H23N3O5/c1-11(20)9-17-15(21)10-18-6-7-19(16(18)22)12-4-5-13(23-2)14(8-12)24-3/h4-5,8,11,20H,6-7,9-10H2,1-3H3,(H,17,21). The summed E-state index contributed by atoms with van der Waals surface area (Å²) in [6, 6.07) is 5.00. The summed E-state index contributed by atoms with van der Waals surface area (Å²) in [4.78, 5) is 27.3. The van der Waals surface area contributed by atoms with Crippen LogP contribution in [0.2, 0.25) is 0 Å². The van der Waals surface area contributed by atoms with E-state index in [2.05, 4.69) is 5.32 Å². The molecule has 1 fully saturated rings. The maximum Gasteiger partial charge on any atom is 0.325 e. The Morgan fingerprint density at radius 2 is 2.00 bits per heavy atom. The van der Waals surface area contributed by atoms with Gasteiger partial charge in [0.25, 0.3) is 0 Å². The number of carbonyl (C=O) groups excluding carboxylic acids is 2. The predicted octanol–water partition coefficient (Wildman–Crippen LogP) is 0.443. The molecule has 0 bridgehead atoms. The molecule has 0 radical (unpaired) electrons. The second kappa shape index (κ2) is 7.87. The molecule has 1 aromatic rings. The number of methoxy groups -OCH3 is 2. The SMILES string of the molecule is COc1ccc(N2CCN(CC(=O)NCC(C)O)C2=O)cc1OC. The lowest BCUT2D eigenvalue weighted by atomic mass is 10.2. The Kier molecular flexibility index (Phi) is 5.86. The van der Waals surface area contributed by atoms with Gasteiger partial charge in [0.1, 0.15) is 6.54 Å². The molecule has 1 atom stereocenters. The van der Waals surface area contributed by atoms with Crippen molar-refractivity contribution in [2.75, 3.05) is 45.3 Å². The zero-order valence-electron chi connectivity index (χ0n) is 14.1. The molecular formula is C16H23N3O5. The largest absolute Gasteiger partial charge is 0.493 e. The maximum absolute atomic E-state index is 12.5. The van der Waals surface area contributed by atoms with Crippen molar-refractivity contribution in [3.63, 3.8) is 0 Å².